The lowest BCUT2D eigenvalue weighted by Gasteiger charge is -2.24. The molecule has 0 radical (unpaired) electrons. The van der Waals surface area contributed by atoms with Gasteiger partial charge in [0.05, 0.1) is 22.6 Å². The molecule has 0 saturated carbocycles. The van der Waals surface area contributed by atoms with Crippen LogP contribution in [0.4, 0.5) is 17.1 Å². The molecule has 4 rings (SSSR count). The number of nitrogens with one attached hydrogen (secondary N) is 2. The SMILES string of the molecule is COc1ccc(N(CC(=O)Nc2ccc(S(=O)(=O)Nc3ccccc3)cc2)S(=O)(=O)c2ccc(C)cc2)cc1. The number of carbonyl (C=O) groups excluding carboxylic acids is 1. The number of amides is 1. The van der Waals surface area contributed by atoms with E-state index in [4.69, 9.17) is 4.74 Å². The number of rotatable bonds is 10. The molecule has 0 unspecified atom stereocenters. The number of hydrogen-bond acceptors (Lipinski definition) is 6. The lowest BCUT2D eigenvalue weighted by Crippen LogP contribution is -2.38. The number of hydrogen-bond donors (Lipinski definition) is 2. The zero-order valence-electron chi connectivity index (χ0n) is 21.2. The maximum atomic E-state index is 13.5. The maximum absolute atomic E-state index is 13.5. The number of ether oxygens (including phenoxy) is 1. The van der Waals surface area contributed by atoms with Crippen molar-refractivity contribution in [2.24, 2.45) is 0 Å². The summed E-state index contributed by atoms with van der Waals surface area (Å²) in [6.45, 7) is 1.33. The Morgan fingerprint density at radius 1 is 0.744 bits per heavy atom. The Balaban J connectivity index is 1.54. The van der Waals surface area contributed by atoms with Crippen LogP contribution in [0.3, 0.4) is 0 Å². The summed E-state index contributed by atoms with van der Waals surface area (Å²) in [4.78, 5) is 13.0. The second-order valence-electron chi connectivity index (χ2n) is 8.57. The number of aryl methyl sites for hydroxylation is 1. The van der Waals surface area contributed by atoms with Crippen molar-refractivity contribution >= 4 is 43.0 Å². The minimum Gasteiger partial charge on any atom is -0.497 e. The highest BCUT2D eigenvalue weighted by molar-refractivity contribution is 7.93. The van der Waals surface area contributed by atoms with Crippen molar-refractivity contribution in [2.75, 3.05) is 28.0 Å². The Kier molecular flexibility index (Phi) is 8.22. The van der Waals surface area contributed by atoms with Gasteiger partial charge in [0.15, 0.2) is 0 Å². The van der Waals surface area contributed by atoms with Crippen LogP contribution in [0.15, 0.2) is 113 Å². The quantitative estimate of drug-likeness (QED) is 0.289. The fourth-order valence-corrected chi connectivity index (χ4v) is 6.15. The Hall–Kier alpha value is -4.35. The number of methoxy groups -OCH3 is 1. The third kappa shape index (κ3) is 6.75. The van der Waals surface area contributed by atoms with Crippen molar-refractivity contribution in [2.45, 2.75) is 16.7 Å². The summed E-state index contributed by atoms with van der Waals surface area (Å²) in [5.41, 5.74) is 1.90. The van der Waals surface area contributed by atoms with E-state index in [0.717, 1.165) is 9.87 Å². The predicted octanol–water partition coefficient (Wildman–Crippen LogP) is 4.64. The van der Waals surface area contributed by atoms with Crippen LogP contribution in [0.1, 0.15) is 5.56 Å². The third-order valence-electron chi connectivity index (χ3n) is 5.73. The summed E-state index contributed by atoms with van der Waals surface area (Å²) < 4.78 is 61.1. The van der Waals surface area contributed by atoms with Crippen LogP contribution >= 0.6 is 0 Å². The average molecular weight is 566 g/mol. The lowest BCUT2D eigenvalue weighted by molar-refractivity contribution is -0.114. The molecule has 0 saturated heterocycles. The van der Waals surface area contributed by atoms with Crippen LogP contribution in [0.5, 0.6) is 5.75 Å². The Morgan fingerprint density at radius 2 is 1.33 bits per heavy atom. The minimum atomic E-state index is -4.09. The molecule has 0 fully saturated rings. The summed E-state index contributed by atoms with van der Waals surface area (Å²) in [5.74, 6) is -0.0767. The van der Waals surface area contributed by atoms with Crippen molar-refractivity contribution in [1.29, 1.82) is 0 Å². The van der Waals surface area contributed by atoms with E-state index < -0.39 is 32.5 Å². The van der Waals surface area contributed by atoms with Gasteiger partial charge in [-0.05, 0) is 79.7 Å². The summed E-state index contributed by atoms with van der Waals surface area (Å²) >= 11 is 0. The van der Waals surface area contributed by atoms with E-state index in [1.807, 2.05) is 6.92 Å². The molecule has 11 heteroatoms. The highest BCUT2D eigenvalue weighted by Crippen LogP contribution is 2.26. The number of nitrogens with zero attached hydrogens (tertiary/aromatic N) is 1. The molecule has 0 atom stereocenters. The van der Waals surface area contributed by atoms with Gasteiger partial charge in [-0.2, -0.15) is 0 Å². The molecule has 0 bridgehead atoms. The molecule has 0 aliphatic rings. The van der Waals surface area contributed by atoms with Crippen LogP contribution < -0.4 is 19.1 Å². The first-order valence-corrected chi connectivity index (χ1v) is 14.7. The first kappa shape index (κ1) is 27.7. The van der Waals surface area contributed by atoms with E-state index in [-0.39, 0.29) is 15.5 Å². The van der Waals surface area contributed by atoms with Crippen LogP contribution in [-0.4, -0.2) is 36.4 Å². The molecule has 4 aromatic carbocycles. The monoisotopic (exact) mass is 565 g/mol. The van der Waals surface area contributed by atoms with Gasteiger partial charge in [0.1, 0.15) is 12.3 Å². The molecule has 39 heavy (non-hydrogen) atoms. The molecule has 0 heterocycles. The van der Waals surface area contributed by atoms with Gasteiger partial charge >= 0.3 is 0 Å². The van der Waals surface area contributed by atoms with Gasteiger partial charge in [0.2, 0.25) is 5.91 Å². The summed E-state index contributed by atoms with van der Waals surface area (Å²) in [5, 5.41) is 2.64. The van der Waals surface area contributed by atoms with E-state index in [2.05, 4.69) is 10.0 Å². The highest BCUT2D eigenvalue weighted by Gasteiger charge is 2.27. The summed E-state index contributed by atoms with van der Waals surface area (Å²) in [7, 11) is -6.42. The molecular weight excluding hydrogens is 538 g/mol. The molecule has 0 spiro atoms. The van der Waals surface area contributed by atoms with Gasteiger partial charge in [-0.3, -0.25) is 13.8 Å². The number of anilines is 3. The molecule has 0 aromatic heterocycles. The number of para-hydroxylation sites is 1. The standard InChI is InChI=1S/C28H27N3O6S2/c1-21-8-16-27(17-9-21)39(35,36)31(24-12-14-25(37-2)15-13-24)20-28(32)29-22-10-18-26(19-11-22)38(33,34)30-23-6-4-3-5-7-23/h3-19,30H,20H2,1-2H3,(H,29,32). The van der Waals surface area contributed by atoms with Crippen molar-refractivity contribution in [1.82, 2.24) is 0 Å². The van der Waals surface area contributed by atoms with Gasteiger partial charge in [-0.15, -0.1) is 0 Å². The average Bonchev–Trinajstić information content (AvgIpc) is 2.92. The first-order valence-electron chi connectivity index (χ1n) is 11.8. The van der Waals surface area contributed by atoms with Crippen molar-refractivity contribution in [3.05, 3.63) is 109 Å². The third-order valence-corrected chi connectivity index (χ3v) is 8.92. The lowest BCUT2D eigenvalue weighted by atomic mass is 10.2. The molecule has 4 aromatic rings. The van der Waals surface area contributed by atoms with Crippen LogP contribution in [0.2, 0.25) is 0 Å². The van der Waals surface area contributed by atoms with Crippen LogP contribution in [-0.2, 0) is 24.8 Å². The summed E-state index contributed by atoms with van der Waals surface area (Å²) in [6.07, 6.45) is 0. The number of sulfonamides is 2. The first-order chi connectivity index (χ1) is 18.6. The van der Waals surface area contributed by atoms with E-state index in [1.165, 1.54) is 43.5 Å². The van der Waals surface area contributed by atoms with Gasteiger partial charge < -0.3 is 10.1 Å². The topological polar surface area (TPSA) is 122 Å². The molecule has 1 amide bonds. The fourth-order valence-electron chi connectivity index (χ4n) is 3.67. The maximum Gasteiger partial charge on any atom is 0.264 e. The van der Waals surface area contributed by atoms with E-state index >= 15 is 0 Å². The Morgan fingerprint density at radius 3 is 1.92 bits per heavy atom. The normalized spacial score (nSPS) is 11.4. The molecule has 9 nitrogen and oxygen atoms in total. The van der Waals surface area contributed by atoms with E-state index in [0.29, 0.717) is 17.1 Å². The smallest absolute Gasteiger partial charge is 0.264 e. The highest BCUT2D eigenvalue weighted by atomic mass is 32.2. The van der Waals surface area contributed by atoms with E-state index in [9.17, 15) is 21.6 Å². The van der Waals surface area contributed by atoms with Crippen molar-refractivity contribution < 1.29 is 26.4 Å². The Labute approximate surface area is 228 Å². The number of benzene rings is 4. The van der Waals surface area contributed by atoms with Crippen LogP contribution in [0, 0.1) is 6.92 Å². The molecule has 0 aliphatic carbocycles. The zero-order chi connectivity index (χ0) is 28.0. The van der Waals surface area contributed by atoms with Gasteiger partial charge in [-0.1, -0.05) is 35.9 Å². The van der Waals surface area contributed by atoms with Crippen molar-refractivity contribution in [3.63, 3.8) is 0 Å². The van der Waals surface area contributed by atoms with Crippen LogP contribution in [0.25, 0.3) is 0 Å². The molecule has 2 N–H and O–H groups in total. The zero-order valence-corrected chi connectivity index (χ0v) is 22.9. The minimum absolute atomic E-state index is 0.00570. The Bertz CT molecular complexity index is 1640. The van der Waals surface area contributed by atoms with Crippen molar-refractivity contribution in [3.8, 4) is 5.75 Å². The fraction of sp³-hybridized carbons (Fsp3) is 0.107. The molecule has 0 aliphatic heterocycles. The van der Waals surface area contributed by atoms with Gasteiger partial charge in [0.25, 0.3) is 20.0 Å². The largest absolute Gasteiger partial charge is 0.497 e. The predicted molar refractivity (Wildman–Crippen MR) is 151 cm³/mol. The second-order valence-corrected chi connectivity index (χ2v) is 12.1. The second kappa shape index (κ2) is 11.6. The molecular formula is C28H27N3O6S2. The summed E-state index contributed by atoms with van der Waals surface area (Å²) in [6, 6.07) is 26.7. The van der Waals surface area contributed by atoms with E-state index in [1.54, 1.807) is 66.7 Å². The molecule has 202 valence electrons. The van der Waals surface area contributed by atoms with Gasteiger partial charge in [-0.25, -0.2) is 16.8 Å². The number of carbonyl (C=O) groups is 1. The van der Waals surface area contributed by atoms with Gasteiger partial charge in [0, 0.05) is 11.4 Å².